The van der Waals surface area contributed by atoms with Crippen LogP contribution in [0.15, 0.2) is 11.1 Å². The van der Waals surface area contributed by atoms with E-state index >= 15 is 0 Å². The minimum Gasteiger partial charge on any atom is -0.0707 e. The van der Waals surface area contributed by atoms with Crippen LogP contribution in [0.2, 0.25) is 0 Å². The summed E-state index contributed by atoms with van der Waals surface area (Å²) in [6.45, 7) is 2.46. The van der Waals surface area contributed by atoms with Crippen molar-refractivity contribution in [3.8, 4) is 0 Å². The van der Waals surface area contributed by atoms with Crippen molar-refractivity contribution in [2.75, 3.05) is 0 Å². The van der Waals surface area contributed by atoms with E-state index in [1.807, 2.05) is 11.1 Å². The van der Waals surface area contributed by atoms with Crippen LogP contribution in [-0.2, 0) is 0 Å². The molecule has 3 atom stereocenters. The Hall–Kier alpha value is -0.260. The van der Waals surface area contributed by atoms with Gasteiger partial charge in [-0.15, -0.1) is 0 Å². The molecule has 0 aliphatic heterocycles. The highest BCUT2D eigenvalue weighted by molar-refractivity contribution is 5.24. The van der Waals surface area contributed by atoms with E-state index in [1.54, 1.807) is 0 Å². The van der Waals surface area contributed by atoms with Crippen LogP contribution in [0.3, 0.4) is 0 Å². The molecule has 3 fully saturated rings. The summed E-state index contributed by atoms with van der Waals surface area (Å²) in [6, 6.07) is 0. The molecule has 0 N–H and O–H groups in total. The zero-order chi connectivity index (χ0) is 10.3. The summed E-state index contributed by atoms with van der Waals surface area (Å²) in [5.41, 5.74) is 3.85. The summed E-state index contributed by atoms with van der Waals surface area (Å²) in [4.78, 5) is 0. The summed E-state index contributed by atoms with van der Waals surface area (Å²) in [6.07, 6.45) is 13.4. The Kier molecular flexibility index (Phi) is 2.62. The molecule has 0 radical (unpaired) electrons. The van der Waals surface area contributed by atoms with Crippen molar-refractivity contribution < 1.29 is 0 Å². The van der Waals surface area contributed by atoms with Gasteiger partial charge in [-0.05, 0) is 69.1 Å². The van der Waals surface area contributed by atoms with Gasteiger partial charge in [0.05, 0.1) is 0 Å². The third-order valence-corrected chi connectivity index (χ3v) is 5.15. The van der Waals surface area contributed by atoms with Crippen molar-refractivity contribution in [3.05, 3.63) is 11.1 Å². The van der Waals surface area contributed by atoms with Crippen LogP contribution in [0, 0.1) is 17.8 Å². The molecule has 0 aromatic rings. The lowest BCUT2D eigenvalue weighted by atomic mass is 9.74. The molecular weight excluding hydrogens is 180 g/mol. The van der Waals surface area contributed by atoms with Crippen LogP contribution in [0.1, 0.15) is 64.7 Å². The summed E-state index contributed by atoms with van der Waals surface area (Å²) in [7, 11) is 0. The van der Waals surface area contributed by atoms with E-state index in [0.29, 0.717) is 0 Å². The molecule has 0 saturated heterocycles. The van der Waals surface area contributed by atoms with Gasteiger partial charge in [0.15, 0.2) is 0 Å². The molecule has 3 rings (SSSR count). The molecule has 0 bridgehead atoms. The number of fused-ring (bicyclic) bond motifs is 1. The van der Waals surface area contributed by atoms with Crippen molar-refractivity contribution in [2.45, 2.75) is 64.7 Å². The molecule has 84 valence electrons. The predicted octanol–water partition coefficient (Wildman–Crippen LogP) is 4.70. The second kappa shape index (κ2) is 3.96. The van der Waals surface area contributed by atoms with Crippen LogP contribution < -0.4 is 0 Å². The average molecular weight is 204 g/mol. The molecule has 0 heteroatoms. The van der Waals surface area contributed by atoms with Gasteiger partial charge in [0.1, 0.15) is 0 Å². The predicted molar refractivity (Wildman–Crippen MR) is 64.7 cm³/mol. The van der Waals surface area contributed by atoms with E-state index in [0.717, 1.165) is 17.8 Å². The first-order valence-corrected chi connectivity index (χ1v) is 7.05. The fourth-order valence-corrected chi connectivity index (χ4v) is 4.30. The Balaban J connectivity index is 1.82. The fourth-order valence-electron chi connectivity index (χ4n) is 4.30. The molecule has 0 nitrogen and oxygen atoms in total. The van der Waals surface area contributed by atoms with Crippen molar-refractivity contribution in [2.24, 2.45) is 17.8 Å². The van der Waals surface area contributed by atoms with Crippen LogP contribution in [-0.4, -0.2) is 0 Å². The number of hydrogen-bond donors (Lipinski definition) is 0. The van der Waals surface area contributed by atoms with Gasteiger partial charge in [-0.25, -0.2) is 0 Å². The molecule has 3 aliphatic rings. The van der Waals surface area contributed by atoms with Gasteiger partial charge in [0.25, 0.3) is 0 Å². The normalized spacial score (nSPS) is 41.0. The third-order valence-electron chi connectivity index (χ3n) is 5.15. The van der Waals surface area contributed by atoms with E-state index in [4.69, 9.17) is 0 Å². The Morgan fingerprint density at radius 2 is 1.73 bits per heavy atom. The van der Waals surface area contributed by atoms with Gasteiger partial charge in [0.2, 0.25) is 0 Å². The molecule has 0 spiro atoms. The molecule has 0 aromatic heterocycles. The lowest BCUT2D eigenvalue weighted by Crippen LogP contribution is -2.20. The quantitative estimate of drug-likeness (QED) is 0.502. The first-order chi connectivity index (χ1) is 7.34. The molecule has 0 heterocycles. The van der Waals surface area contributed by atoms with Gasteiger partial charge in [-0.3, -0.25) is 0 Å². The second-order valence-electron chi connectivity index (χ2n) is 6.16. The van der Waals surface area contributed by atoms with E-state index in [1.165, 1.54) is 57.8 Å². The monoisotopic (exact) mass is 204 g/mol. The zero-order valence-electron chi connectivity index (χ0n) is 10.1. The lowest BCUT2D eigenvalue weighted by Gasteiger charge is -2.31. The molecule has 15 heavy (non-hydrogen) atoms. The first-order valence-electron chi connectivity index (χ1n) is 7.05. The number of allylic oxidation sites excluding steroid dienone is 2. The lowest BCUT2D eigenvalue weighted by molar-refractivity contribution is 0.241. The molecule has 3 aliphatic carbocycles. The topological polar surface area (TPSA) is 0 Å². The highest BCUT2D eigenvalue weighted by Crippen LogP contribution is 2.50. The molecule has 0 aromatic carbocycles. The van der Waals surface area contributed by atoms with Gasteiger partial charge >= 0.3 is 0 Å². The SMILES string of the molecule is CC1CCC2CCC(=C3CCCC3)C2C1. The summed E-state index contributed by atoms with van der Waals surface area (Å²) < 4.78 is 0. The Bertz CT molecular complexity index is 266. The van der Waals surface area contributed by atoms with E-state index in [2.05, 4.69) is 6.92 Å². The van der Waals surface area contributed by atoms with Crippen LogP contribution in [0.4, 0.5) is 0 Å². The minimum atomic E-state index is 1.00. The van der Waals surface area contributed by atoms with Crippen LogP contribution >= 0.6 is 0 Å². The van der Waals surface area contributed by atoms with Crippen molar-refractivity contribution >= 4 is 0 Å². The van der Waals surface area contributed by atoms with Gasteiger partial charge in [-0.1, -0.05) is 24.5 Å². The van der Waals surface area contributed by atoms with Crippen molar-refractivity contribution in [1.29, 1.82) is 0 Å². The standard InChI is InChI=1S/C15H24/c1-11-6-7-13-8-9-14(15(13)10-11)12-4-2-3-5-12/h11,13,15H,2-10H2,1H3. The highest BCUT2D eigenvalue weighted by Gasteiger charge is 2.37. The average Bonchev–Trinajstić information content (AvgIpc) is 2.83. The molecular formula is C15H24. The Labute approximate surface area is 94.1 Å². The summed E-state index contributed by atoms with van der Waals surface area (Å²) in [5, 5.41) is 0. The van der Waals surface area contributed by atoms with Gasteiger partial charge in [0, 0.05) is 0 Å². The maximum absolute atomic E-state index is 2.46. The largest absolute Gasteiger partial charge is 0.0707 e. The maximum Gasteiger partial charge on any atom is -0.0170 e. The minimum absolute atomic E-state index is 1.00. The Morgan fingerprint density at radius 3 is 2.53 bits per heavy atom. The molecule has 0 amide bonds. The second-order valence-corrected chi connectivity index (χ2v) is 6.16. The Morgan fingerprint density at radius 1 is 0.933 bits per heavy atom. The van der Waals surface area contributed by atoms with Gasteiger partial charge in [-0.2, -0.15) is 0 Å². The zero-order valence-corrected chi connectivity index (χ0v) is 10.1. The summed E-state index contributed by atoms with van der Waals surface area (Å²) >= 11 is 0. The summed E-state index contributed by atoms with van der Waals surface area (Å²) in [5.74, 6) is 3.12. The number of rotatable bonds is 0. The van der Waals surface area contributed by atoms with Crippen LogP contribution in [0.25, 0.3) is 0 Å². The van der Waals surface area contributed by atoms with Crippen LogP contribution in [0.5, 0.6) is 0 Å². The van der Waals surface area contributed by atoms with E-state index < -0.39 is 0 Å². The highest BCUT2D eigenvalue weighted by atomic mass is 14.4. The van der Waals surface area contributed by atoms with E-state index in [9.17, 15) is 0 Å². The third kappa shape index (κ3) is 1.77. The van der Waals surface area contributed by atoms with Crippen molar-refractivity contribution in [1.82, 2.24) is 0 Å². The molecule has 3 unspecified atom stereocenters. The van der Waals surface area contributed by atoms with Gasteiger partial charge < -0.3 is 0 Å². The van der Waals surface area contributed by atoms with E-state index in [-0.39, 0.29) is 0 Å². The number of hydrogen-bond acceptors (Lipinski definition) is 0. The smallest absolute Gasteiger partial charge is 0.0170 e. The fraction of sp³-hybridized carbons (Fsp3) is 0.867. The molecule has 3 saturated carbocycles. The maximum atomic E-state index is 2.46. The van der Waals surface area contributed by atoms with Crippen molar-refractivity contribution in [3.63, 3.8) is 0 Å². The first kappa shape index (κ1) is 9.93.